The molecule has 5 heteroatoms. The summed E-state index contributed by atoms with van der Waals surface area (Å²) in [6.45, 7) is 3.05. The second-order valence-electron chi connectivity index (χ2n) is 3.98. The van der Waals surface area contributed by atoms with E-state index in [1.165, 1.54) is 0 Å². The minimum absolute atomic E-state index is 0.574. The number of nitrogens with zero attached hydrogens (tertiary/aromatic N) is 1. The van der Waals surface area contributed by atoms with Crippen molar-refractivity contribution in [1.82, 2.24) is 4.98 Å². The third kappa shape index (κ3) is 4.30. The summed E-state index contributed by atoms with van der Waals surface area (Å²) in [5.74, 6) is 0.895. The lowest BCUT2D eigenvalue weighted by Gasteiger charge is -2.06. The van der Waals surface area contributed by atoms with Gasteiger partial charge in [-0.1, -0.05) is 41.9 Å². The van der Waals surface area contributed by atoms with E-state index in [1.807, 2.05) is 30.3 Å². The van der Waals surface area contributed by atoms with Gasteiger partial charge in [-0.15, -0.1) is 0 Å². The molecule has 0 spiro atoms. The first-order valence-corrected chi connectivity index (χ1v) is 7.59. The number of benzene rings is 1. The fourth-order valence-electron chi connectivity index (χ4n) is 1.50. The highest BCUT2D eigenvalue weighted by atomic mass is 35.5. The van der Waals surface area contributed by atoms with Crippen molar-refractivity contribution >= 4 is 40.8 Å². The van der Waals surface area contributed by atoms with Crippen molar-refractivity contribution in [3.8, 4) is 0 Å². The van der Waals surface area contributed by atoms with Crippen LogP contribution in [0.2, 0.25) is 10.0 Å². The summed E-state index contributed by atoms with van der Waals surface area (Å²) < 4.78 is 0. The van der Waals surface area contributed by atoms with Crippen LogP contribution in [0.5, 0.6) is 0 Å². The SMILES string of the molecule is CCCNc1cc(Sc2ccc(Cl)c(Cl)c2)ccn1. The summed E-state index contributed by atoms with van der Waals surface area (Å²) in [7, 11) is 0. The Morgan fingerprint density at radius 3 is 2.63 bits per heavy atom. The third-order valence-corrected chi connectivity index (χ3v) is 4.13. The first kappa shape index (κ1) is 14.5. The highest BCUT2D eigenvalue weighted by molar-refractivity contribution is 7.99. The molecule has 2 aromatic rings. The summed E-state index contributed by atoms with van der Waals surface area (Å²) in [4.78, 5) is 6.45. The average molecular weight is 313 g/mol. The van der Waals surface area contributed by atoms with Crippen LogP contribution >= 0.6 is 35.0 Å². The first-order chi connectivity index (χ1) is 9.19. The lowest BCUT2D eigenvalue weighted by Crippen LogP contribution is -2.01. The van der Waals surface area contributed by atoms with Crippen LogP contribution in [0.25, 0.3) is 0 Å². The maximum absolute atomic E-state index is 6.01. The lowest BCUT2D eigenvalue weighted by atomic mass is 10.4. The number of hydrogen-bond donors (Lipinski definition) is 1. The van der Waals surface area contributed by atoms with E-state index in [4.69, 9.17) is 23.2 Å². The predicted molar refractivity (Wildman–Crippen MR) is 83.6 cm³/mol. The lowest BCUT2D eigenvalue weighted by molar-refractivity contribution is 0.967. The Labute approximate surface area is 127 Å². The molecule has 1 aromatic heterocycles. The summed E-state index contributed by atoms with van der Waals surface area (Å²) in [6.07, 6.45) is 2.88. The van der Waals surface area contributed by atoms with Gasteiger partial charge < -0.3 is 5.32 Å². The fraction of sp³-hybridized carbons (Fsp3) is 0.214. The second-order valence-corrected chi connectivity index (χ2v) is 5.94. The average Bonchev–Trinajstić information content (AvgIpc) is 2.41. The molecule has 1 heterocycles. The zero-order valence-electron chi connectivity index (χ0n) is 10.5. The van der Waals surface area contributed by atoms with E-state index in [2.05, 4.69) is 17.2 Å². The Hall–Kier alpha value is -0.900. The maximum Gasteiger partial charge on any atom is 0.127 e. The zero-order chi connectivity index (χ0) is 13.7. The van der Waals surface area contributed by atoms with Gasteiger partial charge in [0.2, 0.25) is 0 Å². The van der Waals surface area contributed by atoms with Gasteiger partial charge in [-0.25, -0.2) is 4.98 Å². The van der Waals surface area contributed by atoms with Crippen molar-refractivity contribution < 1.29 is 0 Å². The maximum atomic E-state index is 6.01. The second kappa shape index (κ2) is 7.04. The Morgan fingerprint density at radius 2 is 1.89 bits per heavy atom. The monoisotopic (exact) mass is 312 g/mol. The van der Waals surface area contributed by atoms with Crippen LogP contribution in [-0.4, -0.2) is 11.5 Å². The fourth-order valence-corrected chi connectivity index (χ4v) is 2.75. The molecule has 0 amide bonds. The highest BCUT2D eigenvalue weighted by Gasteiger charge is 2.03. The molecule has 1 N–H and O–H groups in total. The summed E-state index contributed by atoms with van der Waals surface area (Å²) in [6, 6.07) is 9.64. The van der Waals surface area contributed by atoms with Gasteiger partial charge in [-0.3, -0.25) is 0 Å². The molecule has 0 radical (unpaired) electrons. The molecule has 1 aromatic carbocycles. The Bertz CT molecular complexity index is 561. The van der Waals surface area contributed by atoms with Gasteiger partial charge in [-0.05, 0) is 36.8 Å². The number of nitrogens with one attached hydrogen (secondary N) is 1. The van der Waals surface area contributed by atoms with Crippen molar-refractivity contribution in [2.45, 2.75) is 23.1 Å². The Balaban J connectivity index is 2.11. The molecule has 0 bridgehead atoms. The molecule has 0 aliphatic carbocycles. The van der Waals surface area contributed by atoms with Gasteiger partial charge in [0.05, 0.1) is 10.0 Å². The molecule has 0 saturated carbocycles. The van der Waals surface area contributed by atoms with Crippen LogP contribution in [-0.2, 0) is 0 Å². The topological polar surface area (TPSA) is 24.9 Å². The van der Waals surface area contributed by atoms with E-state index in [-0.39, 0.29) is 0 Å². The van der Waals surface area contributed by atoms with Crippen LogP contribution in [0.3, 0.4) is 0 Å². The third-order valence-electron chi connectivity index (χ3n) is 2.41. The van der Waals surface area contributed by atoms with Crippen molar-refractivity contribution in [3.63, 3.8) is 0 Å². The van der Waals surface area contributed by atoms with Crippen LogP contribution in [0.15, 0.2) is 46.3 Å². The summed E-state index contributed by atoms with van der Waals surface area (Å²) in [5, 5.41) is 4.42. The van der Waals surface area contributed by atoms with Gasteiger partial charge >= 0.3 is 0 Å². The van der Waals surface area contributed by atoms with E-state index in [1.54, 1.807) is 18.0 Å². The molecule has 0 saturated heterocycles. The largest absolute Gasteiger partial charge is 0.370 e. The molecular formula is C14H14Cl2N2S. The highest BCUT2D eigenvalue weighted by Crippen LogP contribution is 2.32. The normalized spacial score (nSPS) is 10.5. The van der Waals surface area contributed by atoms with Gasteiger partial charge in [0, 0.05) is 22.5 Å². The van der Waals surface area contributed by atoms with Gasteiger partial charge in [0.15, 0.2) is 0 Å². The van der Waals surface area contributed by atoms with Crippen molar-refractivity contribution in [3.05, 3.63) is 46.6 Å². The predicted octanol–water partition coefficient (Wildman–Crippen LogP) is 5.36. The molecule has 0 aliphatic rings. The van der Waals surface area contributed by atoms with E-state index < -0.39 is 0 Å². The van der Waals surface area contributed by atoms with E-state index >= 15 is 0 Å². The van der Waals surface area contributed by atoms with E-state index in [0.29, 0.717) is 10.0 Å². The van der Waals surface area contributed by atoms with Gasteiger partial charge in [0.1, 0.15) is 5.82 Å². The van der Waals surface area contributed by atoms with Crippen molar-refractivity contribution in [1.29, 1.82) is 0 Å². The molecule has 19 heavy (non-hydrogen) atoms. The molecule has 100 valence electrons. The quantitative estimate of drug-likeness (QED) is 0.804. The van der Waals surface area contributed by atoms with Gasteiger partial charge in [0.25, 0.3) is 0 Å². The van der Waals surface area contributed by atoms with Crippen molar-refractivity contribution in [2.75, 3.05) is 11.9 Å². The number of aromatic nitrogens is 1. The molecule has 2 nitrogen and oxygen atoms in total. The van der Waals surface area contributed by atoms with Crippen molar-refractivity contribution in [2.24, 2.45) is 0 Å². The minimum Gasteiger partial charge on any atom is -0.370 e. The molecular weight excluding hydrogens is 299 g/mol. The minimum atomic E-state index is 0.574. The summed E-state index contributed by atoms with van der Waals surface area (Å²) >= 11 is 13.5. The number of rotatable bonds is 5. The van der Waals surface area contributed by atoms with Crippen LogP contribution in [0.1, 0.15) is 13.3 Å². The number of halogens is 2. The Kier molecular flexibility index (Phi) is 5.37. The van der Waals surface area contributed by atoms with Crippen LogP contribution in [0, 0.1) is 0 Å². The molecule has 0 atom stereocenters. The standard InChI is InChI=1S/C14H14Cl2N2S/c1-2-6-17-14-9-11(5-7-18-14)19-10-3-4-12(15)13(16)8-10/h3-5,7-9H,2,6H2,1H3,(H,17,18). The zero-order valence-corrected chi connectivity index (χ0v) is 12.8. The van der Waals surface area contributed by atoms with E-state index in [9.17, 15) is 0 Å². The molecule has 0 fully saturated rings. The van der Waals surface area contributed by atoms with Gasteiger partial charge in [-0.2, -0.15) is 0 Å². The smallest absolute Gasteiger partial charge is 0.127 e. The molecule has 2 rings (SSSR count). The van der Waals surface area contributed by atoms with Crippen LogP contribution < -0.4 is 5.32 Å². The van der Waals surface area contributed by atoms with Crippen LogP contribution in [0.4, 0.5) is 5.82 Å². The number of hydrogen-bond acceptors (Lipinski definition) is 3. The first-order valence-electron chi connectivity index (χ1n) is 6.02. The number of anilines is 1. The number of pyridine rings is 1. The molecule has 0 aliphatic heterocycles. The van der Waals surface area contributed by atoms with E-state index in [0.717, 1.165) is 28.6 Å². The molecule has 0 unspecified atom stereocenters. The Morgan fingerprint density at radius 1 is 1.11 bits per heavy atom. The summed E-state index contributed by atoms with van der Waals surface area (Å²) in [5.41, 5.74) is 0.